The summed E-state index contributed by atoms with van der Waals surface area (Å²) >= 11 is 0. The van der Waals surface area contributed by atoms with E-state index in [1.165, 1.54) is 6.39 Å². The lowest BCUT2D eigenvalue weighted by Gasteiger charge is -1.97. The molecule has 0 radical (unpaired) electrons. The minimum atomic E-state index is 0.621. The highest BCUT2D eigenvalue weighted by Gasteiger charge is 2.02. The van der Waals surface area contributed by atoms with Crippen LogP contribution in [0.1, 0.15) is 0 Å². The summed E-state index contributed by atoms with van der Waals surface area (Å²) in [6.07, 6.45) is 6.23. The number of nitrogens with zero attached hydrogens (tertiary/aromatic N) is 3. The Balaban J connectivity index is 2.33. The average molecular weight is 176 g/mol. The minimum Gasteiger partial charge on any atom is -0.442 e. The van der Waals surface area contributed by atoms with Gasteiger partial charge in [0.15, 0.2) is 12.2 Å². The molecule has 2 rings (SSSR count). The van der Waals surface area contributed by atoms with Crippen LogP contribution >= 0.6 is 0 Å². The summed E-state index contributed by atoms with van der Waals surface area (Å²) in [4.78, 5) is 12.0. The number of hydrogen-bond donors (Lipinski definition) is 1. The first-order valence-corrected chi connectivity index (χ1v) is 3.79. The third-order valence-corrected chi connectivity index (χ3v) is 1.59. The summed E-state index contributed by atoms with van der Waals surface area (Å²) in [7, 11) is 1.79. The van der Waals surface area contributed by atoms with Crippen LogP contribution < -0.4 is 5.32 Å². The molecule has 5 heteroatoms. The van der Waals surface area contributed by atoms with Gasteiger partial charge in [0, 0.05) is 7.05 Å². The lowest BCUT2D eigenvalue weighted by molar-refractivity contribution is 0.569. The fourth-order valence-corrected chi connectivity index (χ4v) is 0.927. The summed E-state index contributed by atoms with van der Waals surface area (Å²) in [5.74, 6) is 1.35. The van der Waals surface area contributed by atoms with Crippen molar-refractivity contribution in [1.82, 2.24) is 15.0 Å². The summed E-state index contributed by atoms with van der Waals surface area (Å²) in [6.45, 7) is 0. The van der Waals surface area contributed by atoms with Crippen LogP contribution in [0.25, 0.3) is 11.5 Å². The van der Waals surface area contributed by atoms with Crippen molar-refractivity contribution >= 4 is 5.82 Å². The maximum Gasteiger partial charge on any atom is 0.181 e. The van der Waals surface area contributed by atoms with Crippen LogP contribution in [-0.2, 0) is 0 Å². The van der Waals surface area contributed by atoms with Gasteiger partial charge in [-0.15, -0.1) is 0 Å². The Morgan fingerprint density at radius 3 is 2.69 bits per heavy atom. The number of anilines is 1. The molecule has 0 aliphatic rings. The number of nitrogens with one attached hydrogen (secondary N) is 1. The third kappa shape index (κ3) is 1.48. The minimum absolute atomic E-state index is 0.621. The molecule has 0 unspecified atom stereocenters. The fourth-order valence-electron chi connectivity index (χ4n) is 0.927. The molecule has 0 saturated heterocycles. The molecule has 2 heterocycles. The molecule has 2 aromatic heterocycles. The van der Waals surface area contributed by atoms with E-state index in [4.69, 9.17) is 4.42 Å². The first kappa shape index (κ1) is 7.72. The van der Waals surface area contributed by atoms with E-state index in [2.05, 4.69) is 20.3 Å². The van der Waals surface area contributed by atoms with Crippen molar-refractivity contribution < 1.29 is 4.42 Å². The lowest BCUT2D eigenvalue weighted by atomic mass is 10.4. The normalized spacial score (nSPS) is 9.92. The van der Waals surface area contributed by atoms with E-state index in [1.54, 1.807) is 25.6 Å². The van der Waals surface area contributed by atoms with Crippen molar-refractivity contribution in [3.05, 3.63) is 25.0 Å². The van der Waals surface area contributed by atoms with Crippen LogP contribution in [0.4, 0.5) is 5.82 Å². The van der Waals surface area contributed by atoms with E-state index in [9.17, 15) is 0 Å². The van der Waals surface area contributed by atoms with Gasteiger partial charge in [-0.3, -0.25) is 0 Å². The molecule has 66 valence electrons. The fraction of sp³-hybridized carbons (Fsp3) is 0.125. The molecule has 13 heavy (non-hydrogen) atoms. The van der Waals surface area contributed by atoms with E-state index < -0.39 is 0 Å². The second-order valence-electron chi connectivity index (χ2n) is 2.40. The molecule has 2 aromatic rings. The molecule has 0 aliphatic heterocycles. The van der Waals surface area contributed by atoms with Gasteiger partial charge in [0.1, 0.15) is 11.5 Å². The molecule has 0 bridgehead atoms. The van der Waals surface area contributed by atoms with Crippen LogP contribution in [0.5, 0.6) is 0 Å². The highest BCUT2D eigenvalue weighted by molar-refractivity contribution is 5.50. The van der Waals surface area contributed by atoms with Crippen molar-refractivity contribution in [2.45, 2.75) is 0 Å². The first-order chi connectivity index (χ1) is 6.40. The number of oxazole rings is 1. The van der Waals surface area contributed by atoms with Crippen LogP contribution in [0.15, 0.2) is 29.4 Å². The monoisotopic (exact) mass is 176 g/mol. The quantitative estimate of drug-likeness (QED) is 0.744. The topological polar surface area (TPSA) is 63.8 Å². The lowest BCUT2D eigenvalue weighted by Crippen LogP contribution is -1.93. The molecule has 5 nitrogen and oxygen atoms in total. The molecule has 1 N–H and O–H groups in total. The van der Waals surface area contributed by atoms with Gasteiger partial charge in [-0.2, -0.15) is 0 Å². The predicted octanol–water partition coefficient (Wildman–Crippen LogP) is 1.17. The van der Waals surface area contributed by atoms with Gasteiger partial charge in [-0.05, 0) is 0 Å². The molecule has 0 aromatic carbocycles. The maximum atomic E-state index is 5.06. The SMILES string of the molecule is CNc1cnc(-c2cnco2)cn1. The molecule has 0 spiro atoms. The van der Waals surface area contributed by atoms with Gasteiger partial charge >= 0.3 is 0 Å². The second kappa shape index (κ2) is 3.22. The molecular weight excluding hydrogens is 168 g/mol. The van der Waals surface area contributed by atoms with Gasteiger partial charge in [0.2, 0.25) is 0 Å². The van der Waals surface area contributed by atoms with Gasteiger partial charge in [-0.25, -0.2) is 15.0 Å². The van der Waals surface area contributed by atoms with Crippen LogP contribution in [0, 0.1) is 0 Å². The Morgan fingerprint density at radius 2 is 2.15 bits per heavy atom. The van der Waals surface area contributed by atoms with Crippen molar-refractivity contribution in [1.29, 1.82) is 0 Å². The molecule has 0 fully saturated rings. The van der Waals surface area contributed by atoms with E-state index in [0.29, 0.717) is 11.5 Å². The van der Waals surface area contributed by atoms with Gasteiger partial charge < -0.3 is 9.73 Å². The summed E-state index contributed by atoms with van der Waals surface area (Å²) < 4.78 is 5.06. The van der Waals surface area contributed by atoms with E-state index in [0.717, 1.165) is 5.82 Å². The van der Waals surface area contributed by atoms with Gasteiger partial charge in [0.25, 0.3) is 0 Å². The van der Waals surface area contributed by atoms with Crippen molar-refractivity contribution in [2.24, 2.45) is 0 Å². The predicted molar refractivity (Wildman–Crippen MR) is 47.1 cm³/mol. The summed E-state index contributed by atoms with van der Waals surface area (Å²) in [5.41, 5.74) is 0.677. The maximum absolute atomic E-state index is 5.06. The zero-order valence-electron chi connectivity index (χ0n) is 7.06. The largest absolute Gasteiger partial charge is 0.442 e. The Bertz CT molecular complexity index is 368. The van der Waals surface area contributed by atoms with Gasteiger partial charge in [-0.1, -0.05) is 0 Å². The number of aromatic nitrogens is 3. The third-order valence-electron chi connectivity index (χ3n) is 1.59. The standard InChI is InChI=1S/C8H8N4O/c1-9-8-4-11-6(2-12-8)7-3-10-5-13-7/h2-5H,1H3,(H,9,12). The zero-order valence-corrected chi connectivity index (χ0v) is 7.06. The summed E-state index contributed by atoms with van der Waals surface area (Å²) in [5, 5.41) is 2.88. The van der Waals surface area contributed by atoms with Crippen molar-refractivity contribution in [3.8, 4) is 11.5 Å². The van der Waals surface area contributed by atoms with Crippen molar-refractivity contribution in [2.75, 3.05) is 12.4 Å². The van der Waals surface area contributed by atoms with E-state index in [1.807, 2.05) is 0 Å². The Morgan fingerprint density at radius 1 is 1.23 bits per heavy atom. The van der Waals surface area contributed by atoms with E-state index in [-0.39, 0.29) is 0 Å². The van der Waals surface area contributed by atoms with Crippen molar-refractivity contribution in [3.63, 3.8) is 0 Å². The zero-order chi connectivity index (χ0) is 9.10. The highest BCUT2D eigenvalue weighted by atomic mass is 16.3. The van der Waals surface area contributed by atoms with Crippen LogP contribution in [-0.4, -0.2) is 22.0 Å². The molecule has 0 aliphatic carbocycles. The number of hydrogen-bond acceptors (Lipinski definition) is 5. The molecule has 0 amide bonds. The summed E-state index contributed by atoms with van der Waals surface area (Å²) in [6, 6.07) is 0. The van der Waals surface area contributed by atoms with E-state index >= 15 is 0 Å². The second-order valence-corrected chi connectivity index (χ2v) is 2.40. The Kier molecular flexibility index (Phi) is 1.91. The smallest absolute Gasteiger partial charge is 0.181 e. The molecule has 0 saturated carbocycles. The van der Waals surface area contributed by atoms with Crippen LogP contribution in [0.2, 0.25) is 0 Å². The van der Waals surface area contributed by atoms with Gasteiger partial charge in [0.05, 0.1) is 18.6 Å². The first-order valence-electron chi connectivity index (χ1n) is 3.79. The molecule has 0 atom stereocenters. The van der Waals surface area contributed by atoms with Crippen LogP contribution in [0.3, 0.4) is 0 Å². The Hall–Kier alpha value is -1.91. The molecular formula is C8H8N4O. The highest BCUT2D eigenvalue weighted by Crippen LogP contribution is 2.14. The number of rotatable bonds is 2. The Labute approximate surface area is 74.9 Å². The average Bonchev–Trinajstić information content (AvgIpc) is 2.71.